The molecular formula is C34H61N3O16. The van der Waals surface area contributed by atoms with Gasteiger partial charge < -0.3 is 80.1 Å². The standard InChI is InChI=1S/C34H61N3O16/c1-7-10-48-11-9-23(43)35-13-24(44)37-26-19(41)12-34(6,52-31(26)27(45)20(42)14-38)53-32-28(46)22(15-39)50-33(29(32)47)51-30-16(3)21(8-2)49-17(4)25(30)36-18(5)40/h16-17,19-22,25-33,38-39,41-42,45-47H,7-15H2,1-6H3,(H,35,43)(H,36,40)(H,37,44). The van der Waals surface area contributed by atoms with Gasteiger partial charge in [0.25, 0.3) is 0 Å². The molecule has 3 aliphatic heterocycles. The van der Waals surface area contributed by atoms with Crippen LogP contribution < -0.4 is 16.0 Å². The van der Waals surface area contributed by atoms with E-state index in [1.807, 2.05) is 20.8 Å². The topological polar surface area (TPSA) is 284 Å². The largest absolute Gasteiger partial charge is 0.394 e. The Balaban J connectivity index is 1.81. The van der Waals surface area contributed by atoms with Crippen LogP contribution in [0, 0.1) is 5.92 Å². The van der Waals surface area contributed by atoms with E-state index in [4.69, 9.17) is 28.4 Å². The number of carbonyl (C=O) groups excluding carboxylic acids is 3. The van der Waals surface area contributed by atoms with E-state index in [9.17, 15) is 50.1 Å². The Morgan fingerprint density at radius 1 is 0.925 bits per heavy atom. The molecule has 19 nitrogen and oxygen atoms in total. The van der Waals surface area contributed by atoms with Crippen LogP contribution in [0.4, 0.5) is 0 Å². The maximum atomic E-state index is 12.8. The average molecular weight is 768 g/mol. The molecular weight excluding hydrogens is 706 g/mol. The van der Waals surface area contributed by atoms with Crippen molar-refractivity contribution in [3.05, 3.63) is 0 Å². The van der Waals surface area contributed by atoms with E-state index in [0.717, 1.165) is 6.42 Å². The molecule has 0 spiro atoms. The fourth-order valence-electron chi connectivity index (χ4n) is 7.06. The highest BCUT2D eigenvalue weighted by molar-refractivity contribution is 5.84. The molecule has 308 valence electrons. The highest BCUT2D eigenvalue weighted by Crippen LogP contribution is 2.38. The Hall–Kier alpha value is -2.11. The number of nitrogens with one attached hydrogen (secondary N) is 3. The molecule has 0 aliphatic carbocycles. The molecule has 3 heterocycles. The van der Waals surface area contributed by atoms with E-state index in [2.05, 4.69) is 16.0 Å². The van der Waals surface area contributed by atoms with Crippen molar-refractivity contribution in [1.29, 1.82) is 0 Å². The first-order chi connectivity index (χ1) is 25.0. The number of aliphatic hydroxyl groups is 7. The second-order valence-electron chi connectivity index (χ2n) is 14.2. The highest BCUT2D eigenvalue weighted by atomic mass is 16.7. The molecule has 0 radical (unpaired) electrons. The number of hydrogen-bond acceptors (Lipinski definition) is 16. The summed E-state index contributed by atoms with van der Waals surface area (Å²) >= 11 is 0. The monoisotopic (exact) mass is 767 g/mol. The van der Waals surface area contributed by atoms with Crippen LogP contribution in [0.2, 0.25) is 0 Å². The summed E-state index contributed by atoms with van der Waals surface area (Å²) < 4.78 is 35.7. The fraction of sp³-hybridized carbons (Fsp3) is 0.912. The van der Waals surface area contributed by atoms with Crippen molar-refractivity contribution in [3.8, 4) is 0 Å². The van der Waals surface area contributed by atoms with Gasteiger partial charge in [-0.05, 0) is 26.7 Å². The van der Waals surface area contributed by atoms with E-state index in [0.29, 0.717) is 13.0 Å². The summed E-state index contributed by atoms with van der Waals surface area (Å²) in [4.78, 5) is 37.1. The minimum Gasteiger partial charge on any atom is -0.394 e. The molecule has 3 saturated heterocycles. The molecule has 19 heteroatoms. The lowest BCUT2D eigenvalue weighted by molar-refractivity contribution is -0.380. The second-order valence-corrected chi connectivity index (χ2v) is 14.2. The molecule has 16 unspecified atom stereocenters. The molecule has 3 amide bonds. The number of aliphatic hydroxyl groups excluding tert-OH is 7. The molecule has 0 aromatic carbocycles. The first-order valence-electron chi connectivity index (χ1n) is 18.4. The molecule has 3 rings (SSSR count). The average Bonchev–Trinajstić information content (AvgIpc) is 3.11. The van der Waals surface area contributed by atoms with Crippen LogP contribution in [0.25, 0.3) is 0 Å². The van der Waals surface area contributed by atoms with Crippen molar-refractivity contribution in [3.63, 3.8) is 0 Å². The van der Waals surface area contributed by atoms with Crippen LogP contribution in [0.15, 0.2) is 0 Å². The van der Waals surface area contributed by atoms with Gasteiger partial charge in [0, 0.05) is 32.3 Å². The smallest absolute Gasteiger partial charge is 0.239 e. The second kappa shape index (κ2) is 20.7. The molecule has 0 bridgehead atoms. The van der Waals surface area contributed by atoms with E-state index in [1.165, 1.54) is 13.8 Å². The van der Waals surface area contributed by atoms with Crippen molar-refractivity contribution < 1.29 is 78.6 Å². The Morgan fingerprint density at radius 2 is 1.62 bits per heavy atom. The zero-order chi connectivity index (χ0) is 39.6. The molecule has 3 fully saturated rings. The summed E-state index contributed by atoms with van der Waals surface area (Å²) in [5, 5.41) is 82.9. The molecule has 10 N–H and O–H groups in total. The lowest BCUT2D eigenvalue weighted by Crippen LogP contribution is -2.69. The summed E-state index contributed by atoms with van der Waals surface area (Å²) in [6, 6.07) is -2.05. The van der Waals surface area contributed by atoms with Crippen molar-refractivity contribution in [2.45, 2.75) is 159 Å². The zero-order valence-electron chi connectivity index (χ0n) is 31.3. The summed E-state index contributed by atoms with van der Waals surface area (Å²) in [6.07, 6.45) is -15.2. The minimum atomic E-state index is -1.94. The third-order valence-corrected chi connectivity index (χ3v) is 9.87. The van der Waals surface area contributed by atoms with Gasteiger partial charge >= 0.3 is 0 Å². The Morgan fingerprint density at radius 3 is 2.23 bits per heavy atom. The highest BCUT2D eigenvalue weighted by Gasteiger charge is 2.55. The summed E-state index contributed by atoms with van der Waals surface area (Å²) in [6.45, 7) is 8.68. The van der Waals surface area contributed by atoms with Crippen molar-refractivity contribution in [2.24, 2.45) is 5.92 Å². The predicted molar refractivity (Wildman–Crippen MR) is 183 cm³/mol. The number of hydrogen-bond donors (Lipinski definition) is 10. The number of carbonyl (C=O) groups is 3. The summed E-state index contributed by atoms with van der Waals surface area (Å²) in [7, 11) is 0. The number of rotatable bonds is 18. The maximum absolute atomic E-state index is 12.8. The molecule has 16 atom stereocenters. The first kappa shape index (κ1) is 45.3. The van der Waals surface area contributed by atoms with Crippen LogP contribution in [-0.4, -0.2) is 178 Å². The Labute approximate surface area is 309 Å². The quantitative estimate of drug-likeness (QED) is 0.0607. The summed E-state index contributed by atoms with van der Waals surface area (Å²) in [5.74, 6) is -3.81. The normalized spacial score (nSPS) is 38.8. The SMILES string of the molecule is CCCOCCC(=O)NCC(=O)NC1C(O)CC(C)(OC2C(O)C(CO)OC(OC3C(C)C(CC)OC(C)C3NC(C)=O)C2O)OC1C(O)C(O)CO. The Bertz CT molecular complexity index is 1170. The summed E-state index contributed by atoms with van der Waals surface area (Å²) in [5.41, 5.74) is 0. The zero-order valence-corrected chi connectivity index (χ0v) is 31.3. The van der Waals surface area contributed by atoms with Gasteiger partial charge in [-0.15, -0.1) is 0 Å². The van der Waals surface area contributed by atoms with Gasteiger partial charge in [-0.3, -0.25) is 14.4 Å². The predicted octanol–water partition coefficient (Wildman–Crippen LogP) is -3.47. The van der Waals surface area contributed by atoms with Gasteiger partial charge in [0.05, 0.1) is 62.9 Å². The van der Waals surface area contributed by atoms with Crippen LogP contribution >= 0.6 is 0 Å². The molecule has 53 heavy (non-hydrogen) atoms. The van der Waals surface area contributed by atoms with Gasteiger partial charge in [-0.1, -0.05) is 20.8 Å². The van der Waals surface area contributed by atoms with Crippen LogP contribution in [-0.2, 0) is 42.8 Å². The third kappa shape index (κ3) is 11.9. The van der Waals surface area contributed by atoms with Crippen LogP contribution in [0.5, 0.6) is 0 Å². The van der Waals surface area contributed by atoms with Crippen molar-refractivity contribution >= 4 is 17.7 Å². The van der Waals surface area contributed by atoms with Gasteiger partial charge in [0.15, 0.2) is 12.1 Å². The van der Waals surface area contributed by atoms with E-state index in [-0.39, 0.29) is 31.0 Å². The Kier molecular flexibility index (Phi) is 17.7. The van der Waals surface area contributed by atoms with Crippen molar-refractivity contribution in [1.82, 2.24) is 16.0 Å². The van der Waals surface area contributed by atoms with Gasteiger partial charge in [0.2, 0.25) is 17.7 Å². The van der Waals surface area contributed by atoms with E-state index < -0.39 is 123 Å². The third-order valence-electron chi connectivity index (χ3n) is 9.87. The molecule has 0 aromatic rings. The molecule has 0 saturated carbocycles. The van der Waals surface area contributed by atoms with E-state index in [1.54, 1.807) is 6.92 Å². The van der Waals surface area contributed by atoms with Gasteiger partial charge in [-0.25, -0.2) is 0 Å². The first-order valence-corrected chi connectivity index (χ1v) is 18.4. The van der Waals surface area contributed by atoms with Gasteiger partial charge in [-0.2, -0.15) is 0 Å². The van der Waals surface area contributed by atoms with E-state index >= 15 is 0 Å². The lowest BCUT2D eigenvalue weighted by Gasteiger charge is -2.51. The molecule has 0 aromatic heterocycles. The maximum Gasteiger partial charge on any atom is 0.239 e. The van der Waals surface area contributed by atoms with Crippen LogP contribution in [0.1, 0.15) is 67.2 Å². The number of amides is 3. The number of ether oxygens (including phenoxy) is 6. The van der Waals surface area contributed by atoms with Crippen molar-refractivity contribution in [2.75, 3.05) is 33.0 Å². The minimum absolute atomic E-state index is 0.0114. The van der Waals surface area contributed by atoms with Crippen LogP contribution in [0.3, 0.4) is 0 Å². The van der Waals surface area contributed by atoms with Gasteiger partial charge in [0.1, 0.15) is 42.7 Å². The molecule has 3 aliphatic rings. The lowest BCUT2D eigenvalue weighted by atomic mass is 9.85. The fourth-order valence-corrected chi connectivity index (χ4v) is 7.06.